The zero-order valence-electron chi connectivity index (χ0n) is 7.52. The van der Waals surface area contributed by atoms with Gasteiger partial charge in [-0.15, -0.1) is 0 Å². The van der Waals surface area contributed by atoms with Gasteiger partial charge in [0.2, 0.25) is 0 Å². The molecule has 1 rings (SSSR count). The summed E-state index contributed by atoms with van der Waals surface area (Å²) in [5.74, 6) is 0. The van der Waals surface area contributed by atoms with Gasteiger partial charge in [0.1, 0.15) is 0 Å². The number of hydrogen-bond donors (Lipinski definition) is 0. The highest BCUT2D eigenvalue weighted by atomic mass is 15.3. The fourth-order valence-corrected chi connectivity index (χ4v) is 1.32. The van der Waals surface area contributed by atoms with Crippen molar-refractivity contribution < 1.29 is 0 Å². The summed E-state index contributed by atoms with van der Waals surface area (Å²) in [4.78, 5) is 0. The van der Waals surface area contributed by atoms with E-state index in [2.05, 4.69) is 24.4 Å². The standard InChI is InChI=1S/C9H15N2/c1-4-6-8-7(3)10-11-9(8)5-2/h4-6H2,1-3H3. The van der Waals surface area contributed by atoms with Crippen molar-refractivity contribution in [3.05, 3.63) is 11.3 Å². The van der Waals surface area contributed by atoms with Gasteiger partial charge in [0.15, 0.2) is 0 Å². The van der Waals surface area contributed by atoms with E-state index in [1.165, 1.54) is 17.7 Å². The van der Waals surface area contributed by atoms with E-state index in [0.29, 0.717) is 0 Å². The predicted octanol–water partition coefficient (Wildman–Crippen LogP) is 2.44. The summed E-state index contributed by atoms with van der Waals surface area (Å²) in [6.45, 7) is 6.35. The van der Waals surface area contributed by atoms with E-state index in [0.717, 1.165) is 18.5 Å². The molecule has 61 valence electrons. The molecule has 0 aromatic rings. The third-order valence-electron chi connectivity index (χ3n) is 1.94. The van der Waals surface area contributed by atoms with E-state index in [1.807, 2.05) is 6.92 Å². The Morgan fingerprint density at radius 2 is 2.00 bits per heavy atom. The lowest BCUT2D eigenvalue weighted by Gasteiger charge is -2.01. The fraction of sp³-hybridized carbons (Fsp3) is 0.667. The maximum absolute atomic E-state index is 4.10. The van der Waals surface area contributed by atoms with Gasteiger partial charge in [-0.2, -0.15) is 10.5 Å². The first-order valence-corrected chi connectivity index (χ1v) is 4.27. The number of allylic oxidation sites excluding steroid dienone is 2. The Morgan fingerprint density at radius 1 is 1.27 bits per heavy atom. The minimum Gasteiger partial charge on any atom is -0.155 e. The van der Waals surface area contributed by atoms with Crippen LogP contribution in [0, 0.1) is 0 Å². The van der Waals surface area contributed by atoms with Crippen LogP contribution >= 0.6 is 0 Å². The van der Waals surface area contributed by atoms with Gasteiger partial charge >= 0.3 is 0 Å². The van der Waals surface area contributed by atoms with Gasteiger partial charge in [0.25, 0.3) is 0 Å². The van der Waals surface area contributed by atoms with Crippen LogP contribution in [0.25, 0.3) is 0 Å². The molecule has 1 heterocycles. The molecule has 2 nitrogen and oxygen atoms in total. The van der Waals surface area contributed by atoms with Crippen molar-refractivity contribution in [1.29, 1.82) is 0 Å². The molecular formula is C9H15N2. The van der Waals surface area contributed by atoms with Crippen molar-refractivity contribution in [1.82, 2.24) is 5.43 Å². The maximum atomic E-state index is 4.10. The molecular weight excluding hydrogens is 136 g/mol. The highest BCUT2D eigenvalue weighted by Crippen LogP contribution is 2.18. The minimum absolute atomic E-state index is 1.01. The fourth-order valence-electron chi connectivity index (χ4n) is 1.32. The van der Waals surface area contributed by atoms with Crippen molar-refractivity contribution in [3.8, 4) is 0 Å². The van der Waals surface area contributed by atoms with Crippen LogP contribution in [0.4, 0.5) is 0 Å². The summed E-state index contributed by atoms with van der Waals surface area (Å²) < 4.78 is 0. The van der Waals surface area contributed by atoms with Crippen LogP contribution in [0.15, 0.2) is 16.4 Å². The Labute approximate surface area is 68.4 Å². The quantitative estimate of drug-likeness (QED) is 0.592. The molecule has 0 saturated carbocycles. The third-order valence-corrected chi connectivity index (χ3v) is 1.94. The summed E-state index contributed by atoms with van der Waals surface area (Å²) in [7, 11) is 0. The molecule has 0 bridgehead atoms. The van der Waals surface area contributed by atoms with Gasteiger partial charge in [0, 0.05) is 0 Å². The molecule has 0 spiro atoms. The SMILES string of the molecule is CCCC1=C(C)[N]N=C1CC. The monoisotopic (exact) mass is 151 g/mol. The molecule has 1 aliphatic heterocycles. The predicted molar refractivity (Wildman–Crippen MR) is 47.5 cm³/mol. The number of nitrogens with zero attached hydrogens (tertiary/aromatic N) is 2. The number of rotatable bonds is 3. The van der Waals surface area contributed by atoms with Crippen LogP contribution in [0.5, 0.6) is 0 Å². The highest BCUT2D eigenvalue weighted by molar-refractivity contribution is 6.01. The lowest BCUT2D eigenvalue weighted by molar-refractivity contribution is 0.866. The van der Waals surface area contributed by atoms with Crippen LogP contribution in [0.3, 0.4) is 0 Å². The molecule has 0 fully saturated rings. The van der Waals surface area contributed by atoms with Crippen molar-refractivity contribution in [2.45, 2.75) is 40.0 Å². The summed E-state index contributed by atoms with van der Waals surface area (Å²) in [6, 6.07) is 0. The average Bonchev–Trinajstić information content (AvgIpc) is 2.34. The molecule has 0 saturated heterocycles. The van der Waals surface area contributed by atoms with E-state index in [-0.39, 0.29) is 0 Å². The molecule has 0 aromatic carbocycles. The summed E-state index contributed by atoms with van der Waals surface area (Å²) in [6.07, 6.45) is 3.32. The molecule has 0 atom stereocenters. The molecule has 2 heteroatoms. The Bertz CT molecular complexity index is 202. The van der Waals surface area contributed by atoms with Gasteiger partial charge in [-0.25, -0.2) is 0 Å². The van der Waals surface area contributed by atoms with E-state index in [9.17, 15) is 0 Å². The second-order valence-corrected chi connectivity index (χ2v) is 2.81. The van der Waals surface area contributed by atoms with E-state index < -0.39 is 0 Å². The topological polar surface area (TPSA) is 26.5 Å². The Morgan fingerprint density at radius 3 is 2.55 bits per heavy atom. The van der Waals surface area contributed by atoms with E-state index in [1.54, 1.807) is 0 Å². The van der Waals surface area contributed by atoms with Crippen LogP contribution in [-0.4, -0.2) is 5.71 Å². The lowest BCUT2D eigenvalue weighted by atomic mass is 10.0. The van der Waals surface area contributed by atoms with Gasteiger partial charge in [0.05, 0.1) is 11.4 Å². The van der Waals surface area contributed by atoms with Crippen LogP contribution < -0.4 is 5.43 Å². The van der Waals surface area contributed by atoms with E-state index >= 15 is 0 Å². The van der Waals surface area contributed by atoms with Crippen molar-refractivity contribution >= 4 is 5.71 Å². The van der Waals surface area contributed by atoms with Gasteiger partial charge in [-0.05, 0) is 25.3 Å². The maximum Gasteiger partial charge on any atom is 0.0678 e. The molecule has 0 aromatic heterocycles. The molecule has 0 amide bonds. The second kappa shape index (κ2) is 3.56. The van der Waals surface area contributed by atoms with Crippen LogP contribution in [-0.2, 0) is 0 Å². The molecule has 0 unspecified atom stereocenters. The zero-order chi connectivity index (χ0) is 8.27. The first-order valence-electron chi connectivity index (χ1n) is 4.27. The third kappa shape index (κ3) is 1.62. The minimum atomic E-state index is 1.01. The Balaban J connectivity index is 2.70. The van der Waals surface area contributed by atoms with Crippen molar-refractivity contribution in [3.63, 3.8) is 0 Å². The van der Waals surface area contributed by atoms with Crippen molar-refractivity contribution in [2.75, 3.05) is 0 Å². The molecule has 0 aliphatic carbocycles. The number of hydrogen-bond acceptors (Lipinski definition) is 1. The molecule has 11 heavy (non-hydrogen) atoms. The normalized spacial score (nSPS) is 16.8. The average molecular weight is 151 g/mol. The molecule has 1 aliphatic rings. The first kappa shape index (κ1) is 8.31. The highest BCUT2D eigenvalue weighted by Gasteiger charge is 2.14. The van der Waals surface area contributed by atoms with Gasteiger partial charge in [-0.1, -0.05) is 20.3 Å². The van der Waals surface area contributed by atoms with E-state index in [4.69, 9.17) is 0 Å². The summed E-state index contributed by atoms with van der Waals surface area (Å²) >= 11 is 0. The van der Waals surface area contributed by atoms with Gasteiger partial charge < -0.3 is 0 Å². The van der Waals surface area contributed by atoms with Crippen molar-refractivity contribution in [2.24, 2.45) is 5.10 Å². The van der Waals surface area contributed by atoms with Crippen LogP contribution in [0.1, 0.15) is 40.0 Å². The largest absolute Gasteiger partial charge is 0.155 e. The Kier molecular flexibility index (Phi) is 2.69. The molecule has 1 radical (unpaired) electrons. The zero-order valence-corrected chi connectivity index (χ0v) is 7.52. The molecule has 0 N–H and O–H groups in total. The lowest BCUT2D eigenvalue weighted by Crippen LogP contribution is -1.98. The Hall–Kier alpha value is -0.790. The first-order chi connectivity index (χ1) is 5.29. The summed E-state index contributed by atoms with van der Waals surface area (Å²) in [5, 5.41) is 4.10. The smallest absolute Gasteiger partial charge is 0.0678 e. The van der Waals surface area contributed by atoms with Gasteiger partial charge in [-0.3, -0.25) is 0 Å². The second-order valence-electron chi connectivity index (χ2n) is 2.81. The van der Waals surface area contributed by atoms with Crippen LogP contribution in [0.2, 0.25) is 0 Å². The summed E-state index contributed by atoms with van der Waals surface area (Å²) in [5.41, 5.74) is 7.73.